The molecule has 0 radical (unpaired) electrons. The minimum atomic E-state index is -0.820. The molecule has 0 aliphatic rings. The summed E-state index contributed by atoms with van der Waals surface area (Å²) in [6, 6.07) is 15.3. The van der Waals surface area contributed by atoms with E-state index in [0.717, 1.165) is 19.3 Å². The van der Waals surface area contributed by atoms with E-state index >= 15 is 0 Å². The lowest BCUT2D eigenvalue weighted by molar-refractivity contribution is -0.129. The number of nitrogens with one attached hydrogen (secondary N) is 3. The lowest BCUT2D eigenvalue weighted by Crippen LogP contribution is -2.50. The molecule has 2 aromatic rings. The van der Waals surface area contributed by atoms with Gasteiger partial charge in [-0.05, 0) is 44.5 Å². The molecule has 8 nitrogen and oxygen atoms in total. The number of hydrogen-bond acceptors (Lipinski definition) is 5. The Hall–Kier alpha value is -3.68. The first-order chi connectivity index (χ1) is 16.8. The highest BCUT2D eigenvalue weighted by Crippen LogP contribution is 2.11. The van der Waals surface area contributed by atoms with E-state index in [9.17, 15) is 19.2 Å². The fourth-order valence-corrected chi connectivity index (χ4v) is 2.99. The number of unbranched alkanes of at least 4 members (excludes halogenated alkanes) is 2. The smallest absolute Gasteiger partial charge is 0.251 e. The molecule has 8 heteroatoms. The number of amides is 3. The van der Waals surface area contributed by atoms with Crippen LogP contribution >= 0.6 is 0 Å². The van der Waals surface area contributed by atoms with Gasteiger partial charge in [-0.25, -0.2) is 0 Å². The molecule has 0 aromatic heterocycles. The third-order valence-electron chi connectivity index (χ3n) is 5.08. The van der Waals surface area contributed by atoms with Crippen molar-refractivity contribution in [3.8, 4) is 5.75 Å². The quantitative estimate of drug-likeness (QED) is 0.309. The summed E-state index contributed by atoms with van der Waals surface area (Å²) in [6.07, 6.45) is 4.13. The zero-order valence-electron chi connectivity index (χ0n) is 21.0. The monoisotopic (exact) mass is 489 g/mol. The predicted molar refractivity (Wildman–Crippen MR) is 143 cm³/mol. The van der Waals surface area contributed by atoms with Crippen LogP contribution in [0.3, 0.4) is 0 Å². The van der Waals surface area contributed by atoms with Gasteiger partial charge in [0.1, 0.15) is 18.1 Å². The molecule has 0 fully saturated rings. The first-order valence-corrected chi connectivity index (χ1v) is 11.8. The van der Waals surface area contributed by atoms with Crippen LogP contribution in [0.15, 0.2) is 54.6 Å². The van der Waals surface area contributed by atoms with Crippen LogP contribution in [0.25, 0.3) is 0 Å². The van der Waals surface area contributed by atoms with Crippen molar-refractivity contribution in [2.24, 2.45) is 0 Å². The van der Waals surface area contributed by atoms with Crippen LogP contribution in [0.1, 0.15) is 59.7 Å². The second-order valence-corrected chi connectivity index (χ2v) is 8.10. The number of carbonyl (C=O) groups is 4. The van der Waals surface area contributed by atoms with Crippen LogP contribution in [-0.2, 0) is 14.4 Å². The Morgan fingerprint density at radius 1 is 1.00 bits per heavy atom. The number of methoxy groups -OCH3 is 1. The summed E-state index contributed by atoms with van der Waals surface area (Å²) >= 11 is 0. The highest BCUT2D eigenvalue weighted by molar-refractivity contribution is 5.97. The SMILES string of the molecule is CCCCCC(C=O)NC(=O)[C@H](C)NC(=O)CNC(=O)c1ccc(OC)cc1.Cc1ccccc1.[HH].[HH].[HH]. The van der Waals surface area contributed by atoms with E-state index in [0.29, 0.717) is 24.0 Å². The normalized spacial score (nSPS) is 11.7. The zero-order valence-corrected chi connectivity index (χ0v) is 21.0. The van der Waals surface area contributed by atoms with Crippen molar-refractivity contribution >= 4 is 24.0 Å². The van der Waals surface area contributed by atoms with Crippen LogP contribution in [0.2, 0.25) is 0 Å². The maximum Gasteiger partial charge on any atom is 0.251 e. The molecule has 0 saturated carbocycles. The summed E-state index contributed by atoms with van der Waals surface area (Å²) in [7, 11) is 1.53. The Labute approximate surface area is 212 Å². The van der Waals surface area contributed by atoms with Gasteiger partial charge in [0.15, 0.2) is 0 Å². The second kappa shape index (κ2) is 16.9. The van der Waals surface area contributed by atoms with E-state index in [-0.39, 0.29) is 10.8 Å². The third kappa shape index (κ3) is 12.4. The summed E-state index contributed by atoms with van der Waals surface area (Å²) in [5, 5.41) is 7.60. The van der Waals surface area contributed by atoms with Gasteiger partial charge in [-0.1, -0.05) is 62.1 Å². The number of carbonyl (C=O) groups excluding carboxylic acids is 4. The molecular formula is C27H43N3O5. The van der Waals surface area contributed by atoms with Gasteiger partial charge in [-0.15, -0.1) is 0 Å². The van der Waals surface area contributed by atoms with Gasteiger partial charge in [-0.3, -0.25) is 14.4 Å². The van der Waals surface area contributed by atoms with Crippen LogP contribution < -0.4 is 20.7 Å². The number of rotatable bonds is 12. The van der Waals surface area contributed by atoms with Gasteiger partial charge >= 0.3 is 0 Å². The van der Waals surface area contributed by atoms with Crippen molar-refractivity contribution in [1.29, 1.82) is 0 Å². The number of aryl methyl sites for hydroxylation is 1. The van der Waals surface area contributed by atoms with E-state index in [1.165, 1.54) is 19.6 Å². The summed E-state index contributed by atoms with van der Waals surface area (Å²) in [5.41, 5.74) is 1.71. The zero-order chi connectivity index (χ0) is 26.1. The van der Waals surface area contributed by atoms with Crippen LogP contribution in [0.5, 0.6) is 5.75 Å². The minimum Gasteiger partial charge on any atom is -0.497 e. The Kier molecular flexibility index (Phi) is 14.1. The maximum atomic E-state index is 12.1. The molecule has 0 aliphatic heterocycles. The molecular weight excluding hydrogens is 446 g/mol. The van der Waals surface area contributed by atoms with E-state index in [2.05, 4.69) is 41.9 Å². The average Bonchev–Trinajstić information content (AvgIpc) is 2.87. The minimum absolute atomic E-state index is 0. The summed E-state index contributed by atoms with van der Waals surface area (Å²) in [4.78, 5) is 47.2. The van der Waals surface area contributed by atoms with Gasteiger partial charge in [0.2, 0.25) is 11.8 Å². The van der Waals surface area contributed by atoms with Crippen molar-refractivity contribution in [3.63, 3.8) is 0 Å². The number of hydrogen-bond donors (Lipinski definition) is 3. The lowest BCUT2D eigenvalue weighted by atomic mass is 10.1. The standard InChI is InChI=1S/C20H29N3O5.C7H8.3H2/c1-4-5-6-7-16(13-24)23-19(26)14(2)22-18(25)12-21-20(27)15-8-10-17(28-3)11-9-15;1-7-5-3-2-4-6-7;;;/h8-11,13-14,16H,4-7,12H2,1-3H3,(H,21,27)(H,22,25)(H,23,26);2-6H,1H3;3*1H/t14-,16?;;;;/m0..../s1. The molecule has 1 unspecified atom stereocenters. The van der Waals surface area contributed by atoms with Crippen LogP contribution in [0, 0.1) is 6.92 Å². The Morgan fingerprint density at radius 2 is 1.66 bits per heavy atom. The number of ether oxygens (including phenoxy) is 1. The molecule has 0 heterocycles. The van der Waals surface area contributed by atoms with Crippen LogP contribution in [-0.4, -0.2) is 49.7 Å². The van der Waals surface area contributed by atoms with Gasteiger partial charge in [-0.2, -0.15) is 0 Å². The fourth-order valence-electron chi connectivity index (χ4n) is 2.99. The Morgan fingerprint density at radius 3 is 2.17 bits per heavy atom. The first-order valence-electron chi connectivity index (χ1n) is 11.8. The molecule has 196 valence electrons. The molecule has 0 aliphatic carbocycles. The molecule has 0 bridgehead atoms. The van der Waals surface area contributed by atoms with Gasteiger partial charge in [0.25, 0.3) is 5.91 Å². The van der Waals surface area contributed by atoms with E-state index < -0.39 is 29.8 Å². The molecule has 0 spiro atoms. The largest absolute Gasteiger partial charge is 0.497 e. The molecule has 0 saturated heterocycles. The number of aldehydes is 1. The highest BCUT2D eigenvalue weighted by atomic mass is 16.5. The van der Waals surface area contributed by atoms with Crippen molar-refractivity contribution in [2.75, 3.05) is 13.7 Å². The van der Waals surface area contributed by atoms with Crippen molar-refractivity contribution < 1.29 is 28.2 Å². The van der Waals surface area contributed by atoms with E-state index in [4.69, 9.17) is 4.74 Å². The molecule has 3 amide bonds. The van der Waals surface area contributed by atoms with Gasteiger partial charge in [0.05, 0.1) is 19.7 Å². The number of benzene rings is 2. The summed E-state index contributed by atoms with van der Waals surface area (Å²) in [5.74, 6) is -0.731. The van der Waals surface area contributed by atoms with E-state index in [1.807, 2.05) is 18.2 Å². The second-order valence-electron chi connectivity index (χ2n) is 8.10. The molecule has 2 atom stereocenters. The van der Waals surface area contributed by atoms with Crippen molar-refractivity contribution in [1.82, 2.24) is 16.0 Å². The van der Waals surface area contributed by atoms with Gasteiger partial charge in [0, 0.05) is 9.84 Å². The first kappa shape index (κ1) is 29.4. The lowest BCUT2D eigenvalue weighted by Gasteiger charge is -2.18. The summed E-state index contributed by atoms with van der Waals surface area (Å²) in [6.45, 7) is 5.39. The van der Waals surface area contributed by atoms with Crippen molar-refractivity contribution in [3.05, 3.63) is 65.7 Å². The van der Waals surface area contributed by atoms with Crippen LogP contribution in [0.4, 0.5) is 0 Å². The Bertz CT molecular complexity index is 931. The topological polar surface area (TPSA) is 114 Å². The molecule has 3 N–H and O–H groups in total. The fraction of sp³-hybridized carbons (Fsp3) is 0.407. The molecule has 2 aromatic carbocycles. The van der Waals surface area contributed by atoms with Gasteiger partial charge < -0.3 is 25.5 Å². The molecule has 2 rings (SSSR count). The maximum absolute atomic E-state index is 12.1. The Balaban J connectivity index is -0.00000106. The molecule has 35 heavy (non-hydrogen) atoms. The summed E-state index contributed by atoms with van der Waals surface area (Å²) < 4.78 is 5.02. The average molecular weight is 490 g/mol. The van der Waals surface area contributed by atoms with E-state index in [1.54, 1.807) is 24.3 Å². The highest BCUT2D eigenvalue weighted by Gasteiger charge is 2.19. The predicted octanol–water partition coefficient (Wildman–Crippen LogP) is 3.93. The van der Waals surface area contributed by atoms with Crippen molar-refractivity contribution in [2.45, 2.75) is 58.5 Å². The third-order valence-corrected chi connectivity index (χ3v) is 5.08.